The van der Waals surface area contributed by atoms with Gasteiger partial charge >= 0.3 is 5.97 Å². The number of aromatic carboxylic acids is 1. The highest BCUT2D eigenvalue weighted by atomic mass is 19.1. The normalized spacial score (nSPS) is 22.1. The number of nitro groups is 1. The lowest BCUT2D eigenvalue weighted by atomic mass is 10.1. The molecule has 1 unspecified atom stereocenters. The molecule has 8 heteroatoms. The van der Waals surface area contributed by atoms with Crippen LogP contribution in [0.15, 0.2) is 12.1 Å². The van der Waals surface area contributed by atoms with Crippen molar-refractivity contribution in [1.82, 2.24) is 0 Å². The van der Waals surface area contributed by atoms with Crippen LogP contribution in [0.4, 0.5) is 15.8 Å². The molecule has 0 bridgehead atoms. The fraction of sp³-hybridized carbons (Fsp3) is 0.417. The van der Waals surface area contributed by atoms with Gasteiger partial charge in [-0.25, -0.2) is 9.18 Å². The number of benzene rings is 1. The molecule has 1 aromatic rings. The maximum atomic E-state index is 13.5. The number of hydrogen-bond donors (Lipinski definition) is 2. The molecule has 1 aromatic carbocycles. The van der Waals surface area contributed by atoms with Crippen molar-refractivity contribution in [2.75, 3.05) is 18.0 Å². The van der Waals surface area contributed by atoms with Gasteiger partial charge in [0.15, 0.2) is 0 Å². The molecule has 1 aliphatic rings. The summed E-state index contributed by atoms with van der Waals surface area (Å²) >= 11 is 0. The number of carbonyl (C=O) groups is 1. The fourth-order valence-corrected chi connectivity index (χ4v) is 2.27. The van der Waals surface area contributed by atoms with Gasteiger partial charge in [0.25, 0.3) is 5.69 Å². The second kappa shape index (κ2) is 4.71. The number of carboxylic acids is 1. The van der Waals surface area contributed by atoms with Crippen LogP contribution in [0.5, 0.6) is 0 Å². The zero-order chi connectivity index (χ0) is 15.1. The minimum absolute atomic E-state index is 0.00609. The molecule has 1 aliphatic heterocycles. The third-order valence-electron chi connectivity index (χ3n) is 3.28. The van der Waals surface area contributed by atoms with Crippen LogP contribution in [0, 0.1) is 15.9 Å². The number of aliphatic hydroxyl groups is 1. The maximum absolute atomic E-state index is 13.5. The molecule has 0 aromatic heterocycles. The molecule has 108 valence electrons. The van der Waals surface area contributed by atoms with Gasteiger partial charge in [0.2, 0.25) is 0 Å². The Balaban J connectivity index is 2.52. The van der Waals surface area contributed by atoms with E-state index in [9.17, 15) is 24.4 Å². The molecule has 1 atom stereocenters. The minimum Gasteiger partial charge on any atom is -0.478 e. The molecule has 1 heterocycles. The van der Waals surface area contributed by atoms with E-state index in [4.69, 9.17) is 5.11 Å². The predicted molar refractivity (Wildman–Crippen MR) is 67.5 cm³/mol. The molecule has 7 nitrogen and oxygen atoms in total. The molecular formula is C12H13FN2O5. The van der Waals surface area contributed by atoms with Gasteiger partial charge in [-0.05, 0) is 19.4 Å². The Hall–Kier alpha value is -2.22. The van der Waals surface area contributed by atoms with Crippen LogP contribution in [0.25, 0.3) is 0 Å². The van der Waals surface area contributed by atoms with E-state index in [0.29, 0.717) is 19.0 Å². The van der Waals surface area contributed by atoms with E-state index in [2.05, 4.69) is 0 Å². The zero-order valence-electron chi connectivity index (χ0n) is 10.7. The molecule has 0 amide bonds. The molecule has 0 radical (unpaired) electrons. The Labute approximate surface area is 113 Å². The lowest BCUT2D eigenvalue weighted by Gasteiger charge is -2.21. The molecule has 0 saturated carbocycles. The lowest BCUT2D eigenvalue weighted by molar-refractivity contribution is -0.384. The maximum Gasteiger partial charge on any atom is 0.338 e. The highest BCUT2D eigenvalue weighted by molar-refractivity contribution is 5.90. The molecule has 2 rings (SSSR count). The minimum atomic E-state index is -1.50. The molecule has 1 fully saturated rings. The second-order valence-corrected chi connectivity index (χ2v) is 5.05. The number of hydrogen-bond acceptors (Lipinski definition) is 5. The van der Waals surface area contributed by atoms with Crippen molar-refractivity contribution >= 4 is 17.3 Å². The number of rotatable bonds is 3. The number of β-amino-alcohol motifs (C(OH)–C–C–N with tert-alkyl or cyclic N) is 1. The van der Waals surface area contributed by atoms with Crippen LogP contribution in [-0.4, -0.2) is 39.8 Å². The van der Waals surface area contributed by atoms with Gasteiger partial charge in [-0.2, -0.15) is 0 Å². The van der Waals surface area contributed by atoms with Crippen molar-refractivity contribution in [3.63, 3.8) is 0 Å². The van der Waals surface area contributed by atoms with E-state index in [1.807, 2.05) is 0 Å². The summed E-state index contributed by atoms with van der Waals surface area (Å²) in [5.74, 6) is -2.65. The first-order valence-electron chi connectivity index (χ1n) is 5.90. The highest BCUT2D eigenvalue weighted by Crippen LogP contribution is 2.35. The monoisotopic (exact) mass is 284 g/mol. The second-order valence-electron chi connectivity index (χ2n) is 5.05. The largest absolute Gasteiger partial charge is 0.478 e. The van der Waals surface area contributed by atoms with Crippen molar-refractivity contribution in [1.29, 1.82) is 0 Å². The van der Waals surface area contributed by atoms with Crippen molar-refractivity contribution in [3.8, 4) is 0 Å². The quantitative estimate of drug-likeness (QED) is 0.642. The standard InChI is InChI=1S/C12H13FN2O5/c1-12(18)2-3-14(6-12)9-4-7(11(16)17)8(13)5-10(9)15(19)20/h4-5,18H,2-3,6H2,1H3,(H,16,17). The summed E-state index contributed by atoms with van der Waals surface area (Å²) < 4.78 is 13.5. The van der Waals surface area contributed by atoms with E-state index in [1.54, 1.807) is 6.92 Å². The summed E-state index contributed by atoms with van der Waals surface area (Å²) in [6.07, 6.45) is 0.393. The topological polar surface area (TPSA) is 104 Å². The van der Waals surface area contributed by atoms with Gasteiger partial charge in [0, 0.05) is 13.1 Å². The van der Waals surface area contributed by atoms with Crippen molar-refractivity contribution in [2.24, 2.45) is 0 Å². The van der Waals surface area contributed by atoms with E-state index in [0.717, 1.165) is 6.07 Å². The number of halogens is 1. The van der Waals surface area contributed by atoms with Gasteiger partial charge in [-0.15, -0.1) is 0 Å². The Morgan fingerprint density at radius 2 is 2.20 bits per heavy atom. The van der Waals surface area contributed by atoms with E-state index >= 15 is 0 Å². The lowest BCUT2D eigenvalue weighted by Crippen LogP contribution is -2.30. The van der Waals surface area contributed by atoms with Gasteiger partial charge in [-0.3, -0.25) is 10.1 Å². The first kappa shape index (κ1) is 14.2. The summed E-state index contributed by atoms with van der Waals surface area (Å²) in [6.45, 7) is 2.04. The van der Waals surface area contributed by atoms with E-state index in [1.165, 1.54) is 4.90 Å². The van der Waals surface area contributed by atoms with E-state index < -0.39 is 33.6 Å². The first-order chi connectivity index (χ1) is 9.21. The molecule has 0 aliphatic carbocycles. The Bertz CT molecular complexity index is 587. The van der Waals surface area contributed by atoms with Gasteiger partial charge in [0.05, 0.1) is 22.2 Å². The number of carboxylic acid groups (broad SMARTS) is 1. The van der Waals surface area contributed by atoms with Crippen molar-refractivity contribution in [2.45, 2.75) is 18.9 Å². The first-order valence-corrected chi connectivity index (χ1v) is 5.90. The van der Waals surface area contributed by atoms with Crippen LogP contribution in [0.2, 0.25) is 0 Å². The van der Waals surface area contributed by atoms with Crippen LogP contribution >= 0.6 is 0 Å². The summed E-state index contributed by atoms with van der Waals surface area (Å²) in [5, 5.41) is 29.7. The average Bonchev–Trinajstić information content (AvgIpc) is 2.68. The van der Waals surface area contributed by atoms with Crippen LogP contribution in [0.3, 0.4) is 0 Å². The van der Waals surface area contributed by atoms with Crippen LogP contribution in [-0.2, 0) is 0 Å². The summed E-state index contributed by atoms with van der Waals surface area (Å²) in [7, 11) is 0. The smallest absolute Gasteiger partial charge is 0.338 e. The van der Waals surface area contributed by atoms with Crippen LogP contribution in [0.1, 0.15) is 23.7 Å². The number of anilines is 1. The third kappa shape index (κ3) is 2.55. The summed E-state index contributed by atoms with van der Waals surface area (Å²) in [4.78, 5) is 22.6. The van der Waals surface area contributed by atoms with Crippen LogP contribution < -0.4 is 4.90 Å². The zero-order valence-corrected chi connectivity index (χ0v) is 10.7. The van der Waals surface area contributed by atoms with Crippen molar-refractivity contribution < 1.29 is 24.3 Å². The molecule has 1 saturated heterocycles. The number of nitrogens with zero attached hydrogens (tertiary/aromatic N) is 2. The van der Waals surface area contributed by atoms with E-state index in [-0.39, 0.29) is 12.2 Å². The SMILES string of the molecule is CC1(O)CCN(c2cc(C(=O)O)c(F)cc2[N+](=O)[O-])C1. The van der Waals surface area contributed by atoms with Gasteiger partial charge in [-0.1, -0.05) is 0 Å². The molecule has 0 spiro atoms. The molecular weight excluding hydrogens is 271 g/mol. The Kier molecular flexibility index (Phi) is 3.34. The van der Waals surface area contributed by atoms with Crippen molar-refractivity contribution in [3.05, 3.63) is 33.6 Å². The van der Waals surface area contributed by atoms with Gasteiger partial charge in [0.1, 0.15) is 11.5 Å². The average molecular weight is 284 g/mol. The predicted octanol–water partition coefficient (Wildman–Crippen LogP) is 1.39. The number of nitro benzene ring substituents is 1. The molecule has 20 heavy (non-hydrogen) atoms. The fourth-order valence-electron chi connectivity index (χ4n) is 2.27. The Morgan fingerprint density at radius 3 is 2.65 bits per heavy atom. The highest BCUT2D eigenvalue weighted by Gasteiger charge is 2.35. The summed E-state index contributed by atoms with van der Waals surface area (Å²) in [5.41, 5.74) is -2.14. The third-order valence-corrected chi connectivity index (χ3v) is 3.28. The van der Waals surface area contributed by atoms with Gasteiger partial charge < -0.3 is 15.1 Å². The Morgan fingerprint density at radius 1 is 1.55 bits per heavy atom. The molecule has 2 N–H and O–H groups in total. The summed E-state index contributed by atoms with van der Waals surface area (Å²) in [6, 6.07) is 1.54.